The van der Waals surface area contributed by atoms with Crippen molar-refractivity contribution in [2.45, 2.75) is 50.4 Å². The first-order valence-corrected chi connectivity index (χ1v) is 6.77. The van der Waals surface area contributed by atoms with Gasteiger partial charge in [-0.05, 0) is 19.9 Å². The van der Waals surface area contributed by atoms with Crippen LogP contribution in [0.4, 0.5) is 4.39 Å². The van der Waals surface area contributed by atoms with Crippen LogP contribution < -0.4 is 10.5 Å². The summed E-state index contributed by atoms with van der Waals surface area (Å²) >= 11 is 0. The molecule has 0 saturated carbocycles. The molecule has 4 heteroatoms. The van der Waals surface area contributed by atoms with Gasteiger partial charge in [-0.15, -0.1) is 0 Å². The molecule has 1 spiro atoms. The third-order valence-electron chi connectivity index (χ3n) is 4.09. The summed E-state index contributed by atoms with van der Waals surface area (Å²) < 4.78 is 25.3. The van der Waals surface area contributed by atoms with Crippen LogP contribution in [0.1, 0.15) is 44.7 Å². The summed E-state index contributed by atoms with van der Waals surface area (Å²) in [6, 6.07) is 4.51. The molecule has 0 aliphatic carbocycles. The van der Waals surface area contributed by atoms with Crippen LogP contribution >= 0.6 is 0 Å². The second kappa shape index (κ2) is 4.18. The molecule has 2 N–H and O–H groups in total. The summed E-state index contributed by atoms with van der Waals surface area (Å²) in [6.45, 7) is 4.78. The molecule has 3 nitrogen and oxygen atoms in total. The minimum absolute atomic E-state index is 0.0988. The highest BCUT2D eigenvalue weighted by molar-refractivity contribution is 5.39. The molecule has 1 aromatic rings. The highest BCUT2D eigenvalue weighted by Gasteiger charge is 2.46. The van der Waals surface area contributed by atoms with Crippen LogP contribution in [0, 0.1) is 5.82 Å². The molecule has 2 atom stereocenters. The van der Waals surface area contributed by atoms with Gasteiger partial charge >= 0.3 is 0 Å². The number of ether oxygens (including phenoxy) is 2. The van der Waals surface area contributed by atoms with E-state index in [4.69, 9.17) is 15.2 Å². The standard InChI is InChI=1S/C15H20FNO2/c1-14(2)9-15(5-6-18-14)8-12(17)11-4-3-10(16)7-13(11)19-15/h3-4,7,12H,5-6,8-9,17H2,1-2H3. The van der Waals surface area contributed by atoms with Crippen molar-refractivity contribution in [1.82, 2.24) is 0 Å². The van der Waals surface area contributed by atoms with E-state index in [-0.39, 0.29) is 23.1 Å². The normalized spacial score (nSPS) is 32.7. The molecule has 1 aromatic carbocycles. The lowest BCUT2D eigenvalue weighted by Gasteiger charge is -2.48. The van der Waals surface area contributed by atoms with Crippen LogP contribution in [0.15, 0.2) is 18.2 Å². The van der Waals surface area contributed by atoms with Crippen LogP contribution in [0.25, 0.3) is 0 Å². The van der Waals surface area contributed by atoms with Gasteiger partial charge in [-0.3, -0.25) is 0 Å². The molecule has 2 aliphatic rings. The van der Waals surface area contributed by atoms with Crippen molar-refractivity contribution in [2.75, 3.05) is 6.61 Å². The number of benzene rings is 1. The van der Waals surface area contributed by atoms with Gasteiger partial charge in [-0.25, -0.2) is 4.39 Å². The zero-order chi connectivity index (χ0) is 13.7. The third-order valence-corrected chi connectivity index (χ3v) is 4.09. The van der Waals surface area contributed by atoms with Gasteiger partial charge in [0.15, 0.2) is 0 Å². The van der Waals surface area contributed by atoms with E-state index in [2.05, 4.69) is 13.8 Å². The highest BCUT2D eigenvalue weighted by atomic mass is 19.1. The average molecular weight is 265 g/mol. The number of hydrogen-bond donors (Lipinski definition) is 1. The van der Waals surface area contributed by atoms with E-state index in [1.165, 1.54) is 12.1 Å². The monoisotopic (exact) mass is 265 g/mol. The maximum absolute atomic E-state index is 13.4. The smallest absolute Gasteiger partial charge is 0.127 e. The van der Waals surface area contributed by atoms with Crippen LogP contribution in [0.5, 0.6) is 5.75 Å². The molecule has 3 rings (SSSR count). The van der Waals surface area contributed by atoms with Crippen molar-refractivity contribution >= 4 is 0 Å². The van der Waals surface area contributed by atoms with Crippen molar-refractivity contribution in [3.63, 3.8) is 0 Å². The van der Waals surface area contributed by atoms with Gasteiger partial charge in [0.25, 0.3) is 0 Å². The topological polar surface area (TPSA) is 44.5 Å². The van der Waals surface area contributed by atoms with Crippen LogP contribution in [-0.4, -0.2) is 17.8 Å². The van der Waals surface area contributed by atoms with Gasteiger partial charge in [-0.2, -0.15) is 0 Å². The van der Waals surface area contributed by atoms with Gasteiger partial charge in [0, 0.05) is 36.9 Å². The van der Waals surface area contributed by atoms with E-state index in [0.717, 1.165) is 24.8 Å². The Morgan fingerprint density at radius 1 is 1.37 bits per heavy atom. The van der Waals surface area contributed by atoms with Crippen LogP contribution in [0.3, 0.4) is 0 Å². The van der Waals surface area contributed by atoms with Crippen LogP contribution in [0.2, 0.25) is 0 Å². The van der Waals surface area contributed by atoms with Crippen molar-refractivity contribution in [1.29, 1.82) is 0 Å². The van der Waals surface area contributed by atoms with E-state index < -0.39 is 0 Å². The zero-order valence-electron chi connectivity index (χ0n) is 11.4. The largest absolute Gasteiger partial charge is 0.487 e. The lowest BCUT2D eigenvalue weighted by Crippen LogP contribution is -2.52. The fourth-order valence-corrected chi connectivity index (χ4v) is 3.38. The van der Waals surface area contributed by atoms with Gasteiger partial charge in [0.1, 0.15) is 17.2 Å². The highest BCUT2D eigenvalue weighted by Crippen LogP contribution is 2.46. The van der Waals surface area contributed by atoms with Gasteiger partial charge in [-0.1, -0.05) is 6.07 Å². The van der Waals surface area contributed by atoms with Gasteiger partial charge < -0.3 is 15.2 Å². The van der Waals surface area contributed by atoms with E-state index in [1.807, 2.05) is 0 Å². The molecule has 0 aromatic heterocycles. The molecule has 19 heavy (non-hydrogen) atoms. The lowest BCUT2D eigenvalue weighted by atomic mass is 9.77. The molecule has 2 aliphatic heterocycles. The quantitative estimate of drug-likeness (QED) is 0.784. The Morgan fingerprint density at radius 3 is 2.89 bits per heavy atom. The summed E-state index contributed by atoms with van der Waals surface area (Å²) in [5, 5.41) is 0. The van der Waals surface area contributed by atoms with Crippen molar-refractivity contribution in [3.8, 4) is 5.75 Å². The first kappa shape index (κ1) is 12.9. The Morgan fingerprint density at radius 2 is 2.16 bits per heavy atom. The Hall–Kier alpha value is -1.13. The minimum Gasteiger partial charge on any atom is -0.487 e. The second-order valence-electron chi connectivity index (χ2n) is 6.31. The summed E-state index contributed by atoms with van der Waals surface area (Å²) in [4.78, 5) is 0. The van der Waals surface area contributed by atoms with Crippen LogP contribution in [-0.2, 0) is 4.74 Å². The third kappa shape index (κ3) is 2.35. The summed E-state index contributed by atoms with van der Waals surface area (Å²) in [5.74, 6) is 0.311. The minimum atomic E-state index is -0.318. The average Bonchev–Trinajstić information content (AvgIpc) is 2.25. The Kier molecular flexibility index (Phi) is 2.84. The SMILES string of the molecule is CC1(C)CC2(CCO1)CC(N)c1ccc(F)cc1O2. The number of halogens is 1. The maximum Gasteiger partial charge on any atom is 0.127 e. The van der Waals surface area contributed by atoms with E-state index >= 15 is 0 Å². The Bertz CT molecular complexity index is 503. The van der Waals surface area contributed by atoms with Crippen molar-refractivity contribution < 1.29 is 13.9 Å². The Balaban J connectivity index is 1.95. The number of hydrogen-bond acceptors (Lipinski definition) is 3. The number of nitrogens with two attached hydrogens (primary N) is 1. The van der Waals surface area contributed by atoms with Gasteiger partial charge in [0.05, 0.1) is 12.2 Å². The molecule has 0 radical (unpaired) electrons. The molecule has 0 bridgehead atoms. The molecule has 2 unspecified atom stereocenters. The summed E-state index contributed by atoms with van der Waals surface area (Å²) in [5.41, 5.74) is 6.61. The first-order chi connectivity index (χ1) is 8.89. The van der Waals surface area contributed by atoms with E-state index in [0.29, 0.717) is 12.4 Å². The second-order valence-corrected chi connectivity index (χ2v) is 6.31. The summed E-state index contributed by atoms with van der Waals surface area (Å²) in [7, 11) is 0. The summed E-state index contributed by atoms with van der Waals surface area (Å²) in [6.07, 6.45) is 2.35. The first-order valence-electron chi connectivity index (χ1n) is 6.77. The molecular formula is C15H20FNO2. The molecule has 0 amide bonds. The van der Waals surface area contributed by atoms with E-state index in [1.54, 1.807) is 6.07 Å². The predicted octanol–water partition coefficient (Wildman–Crippen LogP) is 2.94. The Labute approximate surface area is 112 Å². The molecule has 2 heterocycles. The predicted molar refractivity (Wildman–Crippen MR) is 70.6 cm³/mol. The van der Waals surface area contributed by atoms with E-state index in [9.17, 15) is 4.39 Å². The molecule has 1 fully saturated rings. The van der Waals surface area contributed by atoms with Gasteiger partial charge in [0.2, 0.25) is 0 Å². The fourth-order valence-electron chi connectivity index (χ4n) is 3.38. The molecule has 1 saturated heterocycles. The zero-order valence-corrected chi connectivity index (χ0v) is 11.4. The molecular weight excluding hydrogens is 245 g/mol. The fraction of sp³-hybridized carbons (Fsp3) is 0.600. The number of fused-ring (bicyclic) bond motifs is 1. The van der Waals surface area contributed by atoms with Crippen molar-refractivity contribution in [3.05, 3.63) is 29.6 Å². The molecule has 104 valence electrons. The maximum atomic E-state index is 13.4. The number of rotatable bonds is 0. The van der Waals surface area contributed by atoms with Crippen molar-refractivity contribution in [2.24, 2.45) is 5.73 Å². The lowest BCUT2D eigenvalue weighted by molar-refractivity contribution is -0.141.